The van der Waals surface area contributed by atoms with Crippen molar-refractivity contribution >= 4 is 11.6 Å². The van der Waals surface area contributed by atoms with Crippen LogP contribution in [0, 0.1) is 12.8 Å². The Labute approximate surface area is 122 Å². The van der Waals surface area contributed by atoms with Crippen molar-refractivity contribution in [1.29, 1.82) is 0 Å². The van der Waals surface area contributed by atoms with Gasteiger partial charge in [-0.3, -0.25) is 4.90 Å². The van der Waals surface area contributed by atoms with E-state index in [9.17, 15) is 0 Å². The summed E-state index contributed by atoms with van der Waals surface area (Å²) in [5, 5.41) is 4.34. The van der Waals surface area contributed by atoms with Crippen molar-refractivity contribution in [2.45, 2.75) is 33.2 Å². The number of piperidine rings is 1. The number of hydrogen-bond acceptors (Lipinski definition) is 2. The van der Waals surface area contributed by atoms with E-state index in [2.05, 4.69) is 36.2 Å². The van der Waals surface area contributed by atoms with Crippen LogP contribution in [0.5, 0.6) is 0 Å². The molecule has 1 aliphatic rings. The molecule has 0 aliphatic carbocycles. The van der Waals surface area contributed by atoms with Crippen molar-refractivity contribution in [3.8, 4) is 0 Å². The summed E-state index contributed by atoms with van der Waals surface area (Å²) in [4.78, 5) is 2.55. The van der Waals surface area contributed by atoms with Crippen LogP contribution >= 0.6 is 11.6 Å². The van der Waals surface area contributed by atoms with E-state index in [0.29, 0.717) is 0 Å². The lowest BCUT2D eigenvalue weighted by atomic mass is 9.98. The maximum Gasteiger partial charge on any atom is 0.0408 e. The van der Waals surface area contributed by atoms with Gasteiger partial charge in [-0.05, 0) is 68.6 Å². The Morgan fingerprint density at radius 2 is 2.26 bits per heavy atom. The smallest absolute Gasteiger partial charge is 0.0408 e. The molecule has 1 fully saturated rings. The van der Waals surface area contributed by atoms with Gasteiger partial charge in [0.15, 0.2) is 0 Å². The van der Waals surface area contributed by atoms with Crippen LogP contribution in [-0.2, 0) is 6.54 Å². The third-order valence-electron chi connectivity index (χ3n) is 4.06. The minimum Gasteiger partial charge on any atom is -0.316 e. The Kier molecular flexibility index (Phi) is 5.68. The Balaban J connectivity index is 1.94. The van der Waals surface area contributed by atoms with Gasteiger partial charge in [-0.2, -0.15) is 0 Å². The zero-order chi connectivity index (χ0) is 13.7. The molecule has 0 spiro atoms. The highest BCUT2D eigenvalue weighted by atomic mass is 35.5. The number of nitrogens with one attached hydrogen (secondary N) is 1. The predicted molar refractivity (Wildman–Crippen MR) is 82.7 cm³/mol. The van der Waals surface area contributed by atoms with E-state index >= 15 is 0 Å². The van der Waals surface area contributed by atoms with Gasteiger partial charge in [0, 0.05) is 18.1 Å². The van der Waals surface area contributed by atoms with Gasteiger partial charge in [-0.25, -0.2) is 0 Å². The molecule has 1 unspecified atom stereocenters. The standard InChI is InChI=1S/C16H25ClN2/c1-3-19(11-14-5-4-8-18-10-14)12-15-6-7-16(17)9-13(15)2/h6-7,9,14,18H,3-5,8,10-12H2,1-2H3. The molecule has 0 bridgehead atoms. The molecule has 1 atom stereocenters. The first kappa shape index (κ1) is 14.8. The Bertz CT molecular complexity index is 400. The number of benzene rings is 1. The molecule has 0 aromatic heterocycles. The van der Waals surface area contributed by atoms with Gasteiger partial charge in [0.05, 0.1) is 0 Å². The molecule has 19 heavy (non-hydrogen) atoms. The lowest BCUT2D eigenvalue weighted by Gasteiger charge is -2.29. The van der Waals surface area contributed by atoms with Crippen LogP contribution in [0.15, 0.2) is 18.2 Å². The molecule has 2 nitrogen and oxygen atoms in total. The van der Waals surface area contributed by atoms with E-state index in [1.165, 1.54) is 43.6 Å². The normalized spacial score (nSPS) is 19.9. The third kappa shape index (κ3) is 4.48. The van der Waals surface area contributed by atoms with Gasteiger partial charge >= 0.3 is 0 Å². The van der Waals surface area contributed by atoms with Crippen LogP contribution in [0.2, 0.25) is 5.02 Å². The predicted octanol–water partition coefficient (Wildman–Crippen LogP) is 3.47. The molecule has 1 aliphatic heterocycles. The Hall–Kier alpha value is -0.570. The van der Waals surface area contributed by atoms with E-state index < -0.39 is 0 Å². The molecular weight excluding hydrogens is 256 g/mol. The van der Waals surface area contributed by atoms with Crippen LogP contribution in [0.3, 0.4) is 0 Å². The third-order valence-corrected chi connectivity index (χ3v) is 4.30. The van der Waals surface area contributed by atoms with Crippen molar-refractivity contribution in [1.82, 2.24) is 10.2 Å². The Morgan fingerprint density at radius 1 is 1.42 bits per heavy atom. The van der Waals surface area contributed by atoms with Crippen LogP contribution in [0.25, 0.3) is 0 Å². The van der Waals surface area contributed by atoms with Crippen molar-refractivity contribution in [3.63, 3.8) is 0 Å². The molecule has 106 valence electrons. The second-order valence-corrected chi connectivity index (χ2v) is 6.05. The fourth-order valence-corrected chi connectivity index (χ4v) is 3.05. The summed E-state index contributed by atoms with van der Waals surface area (Å²) in [5.41, 5.74) is 2.70. The first-order valence-electron chi connectivity index (χ1n) is 7.37. The number of aryl methyl sites for hydroxylation is 1. The highest BCUT2D eigenvalue weighted by molar-refractivity contribution is 6.30. The van der Waals surface area contributed by atoms with E-state index in [-0.39, 0.29) is 0 Å². The molecule has 1 saturated heterocycles. The van der Waals surface area contributed by atoms with Crippen molar-refractivity contribution < 1.29 is 0 Å². The molecule has 1 aromatic carbocycles. The highest BCUT2D eigenvalue weighted by Gasteiger charge is 2.16. The van der Waals surface area contributed by atoms with Crippen LogP contribution < -0.4 is 5.32 Å². The van der Waals surface area contributed by atoms with E-state index in [4.69, 9.17) is 11.6 Å². The topological polar surface area (TPSA) is 15.3 Å². The minimum atomic E-state index is 0.807. The summed E-state index contributed by atoms with van der Waals surface area (Å²) in [5.74, 6) is 0.807. The van der Waals surface area contributed by atoms with Gasteiger partial charge in [0.1, 0.15) is 0 Å². The first-order chi connectivity index (χ1) is 9.19. The number of hydrogen-bond donors (Lipinski definition) is 1. The minimum absolute atomic E-state index is 0.807. The molecule has 0 amide bonds. The summed E-state index contributed by atoms with van der Waals surface area (Å²) in [7, 11) is 0. The van der Waals surface area contributed by atoms with Gasteiger partial charge in [-0.15, -0.1) is 0 Å². The van der Waals surface area contributed by atoms with Crippen LogP contribution in [-0.4, -0.2) is 31.1 Å². The summed E-state index contributed by atoms with van der Waals surface area (Å²) in [6, 6.07) is 6.23. The molecule has 1 heterocycles. The van der Waals surface area contributed by atoms with Gasteiger partial charge < -0.3 is 5.32 Å². The fraction of sp³-hybridized carbons (Fsp3) is 0.625. The second kappa shape index (κ2) is 7.28. The van der Waals surface area contributed by atoms with Gasteiger partial charge in [0.25, 0.3) is 0 Å². The molecule has 3 heteroatoms. The number of nitrogens with zero attached hydrogens (tertiary/aromatic N) is 1. The van der Waals surface area contributed by atoms with Crippen molar-refractivity contribution in [2.75, 3.05) is 26.2 Å². The van der Waals surface area contributed by atoms with E-state index in [0.717, 1.165) is 24.0 Å². The average Bonchev–Trinajstić information content (AvgIpc) is 2.42. The molecular formula is C16H25ClN2. The summed E-state index contributed by atoms with van der Waals surface area (Å²) >= 11 is 6.02. The lowest BCUT2D eigenvalue weighted by molar-refractivity contribution is 0.209. The van der Waals surface area contributed by atoms with Crippen molar-refractivity contribution in [3.05, 3.63) is 34.3 Å². The summed E-state index contributed by atoms with van der Waals surface area (Å²) in [6.45, 7) is 10.1. The van der Waals surface area contributed by atoms with E-state index in [1.54, 1.807) is 0 Å². The first-order valence-corrected chi connectivity index (χ1v) is 7.75. The monoisotopic (exact) mass is 280 g/mol. The van der Waals surface area contributed by atoms with E-state index in [1.807, 2.05) is 6.07 Å². The van der Waals surface area contributed by atoms with Gasteiger partial charge in [0.2, 0.25) is 0 Å². The molecule has 1 N–H and O–H groups in total. The number of rotatable bonds is 5. The fourth-order valence-electron chi connectivity index (χ4n) is 2.83. The molecule has 0 saturated carbocycles. The van der Waals surface area contributed by atoms with Crippen LogP contribution in [0.1, 0.15) is 30.9 Å². The maximum absolute atomic E-state index is 6.02. The molecule has 1 aromatic rings. The van der Waals surface area contributed by atoms with Crippen LogP contribution in [0.4, 0.5) is 0 Å². The van der Waals surface area contributed by atoms with Crippen molar-refractivity contribution in [2.24, 2.45) is 5.92 Å². The summed E-state index contributed by atoms with van der Waals surface area (Å²) < 4.78 is 0. The Morgan fingerprint density at radius 3 is 2.89 bits per heavy atom. The highest BCUT2D eigenvalue weighted by Crippen LogP contribution is 2.18. The molecule has 2 rings (SSSR count). The zero-order valence-corrected chi connectivity index (χ0v) is 12.8. The second-order valence-electron chi connectivity index (χ2n) is 5.61. The number of halogens is 1. The molecule has 0 radical (unpaired) electrons. The lowest BCUT2D eigenvalue weighted by Crippen LogP contribution is -2.38. The quantitative estimate of drug-likeness (QED) is 0.888. The SMILES string of the molecule is CCN(Cc1ccc(Cl)cc1C)CC1CCCNC1. The summed E-state index contributed by atoms with van der Waals surface area (Å²) in [6.07, 6.45) is 2.69. The zero-order valence-electron chi connectivity index (χ0n) is 12.1. The maximum atomic E-state index is 6.02. The van der Waals surface area contributed by atoms with Gasteiger partial charge in [-0.1, -0.05) is 24.6 Å². The average molecular weight is 281 g/mol. The largest absolute Gasteiger partial charge is 0.316 e.